The van der Waals surface area contributed by atoms with Crippen molar-refractivity contribution in [3.05, 3.63) is 107 Å². The van der Waals surface area contributed by atoms with E-state index in [9.17, 15) is 0 Å². The zero-order valence-electron chi connectivity index (χ0n) is 23.3. The summed E-state index contributed by atoms with van der Waals surface area (Å²) in [5.74, 6) is 0.381. The molecule has 2 aliphatic rings. The fraction of sp³-hybridized carbons (Fsp3) is 0.257. The van der Waals surface area contributed by atoms with Gasteiger partial charge in [0, 0.05) is 0 Å². The van der Waals surface area contributed by atoms with Crippen LogP contribution in [0.5, 0.6) is 0 Å². The van der Waals surface area contributed by atoms with E-state index in [4.69, 9.17) is 17.0 Å². The molecule has 4 aromatic carbocycles. The maximum atomic E-state index is 7.88. The molecule has 6 rings (SSSR count). The van der Waals surface area contributed by atoms with Gasteiger partial charge in [0.15, 0.2) is 0 Å². The first-order valence-electron chi connectivity index (χ1n) is 14.4. The molecule has 1 aliphatic heterocycles. The molecular weight excluding hydrogens is 611 g/mol. The Kier molecular flexibility index (Phi) is 7.71. The molecule has 4 heteroatoms. The molecule has 1 atom stereocenters. The Balaban J connectivity index is 1.56. The molecule has 198 valence electrons. The summed E-state index contributed by atoms with van der Waals surface area (Å²) >= 11 is -3.98. The molecule has 0 N–H and O–H groups in total. The monoisotopic (exact) mass is 644 g/mol. The van der Waals surface area contributed by atoms with Crippen LogP contribution in [-0.2, 0) is 30.7 Å². The van der Waals surface area contributed by atoms with E-state index in [-0.39, 0.29) is 3.63 Å². The van der Waals surface area contributed by atoms with Crippen molar-refractivity contribution in [3.8, 4) is 22.3 Å². The first-order chi connectivity index (χ1) is 18.9. The van der Waals surface area contributed by atoms with Gasteiger partial charge >= 0.3 is 250 Å². The van der Waals surface area contributed by atoms with Crippen LogP contribution in [0.4, 0.5) is 0 Å². The third kappa shape index (κ3) is 4.61. The van der Waals surface area contributed by atoms with Crippen molar-refractivity contribution in [1.82, 2.24) is 0 Å². The van der Waals surface area contributed by atoms with Crippen LogP contribution in [0.1, 0.15) is 60.0 Å². The van der Waals surface area contributed by atoms with E-state index >= 15 is 0 Å². The normalized spacial score (nSPS) is 16.4. The average molecular weight is 647 g/mol. The summed E-state index contributed by atoms with van der Waals surface area (Å²) in [7, 11) is 15.1. The van der Waals surface area contributed by atoms with E-state index in [0.717, 1.165) is 19.3 Å². The quantitative estimate of drug-likeness (QED) is 0.158. The molecule has 0 saturated heterocycles. The van der Waals surface area contributed by atoms with Crippen LogP contribution in [0.25, 0.3) is 28.3 Å². The second-order valence-corrected chi connectivity index (χ2v) is 27.2. The first kappa shape index (κ1) is 27.5. The zero-order valence-corrected chi connectivity index (χ0v) is 28.7. The minimum atomic E-state index is -3.98. The standard InChI is InChI=1S/C23H27.C12H9Si.2ClH.Zr/c1-5-9-18-12-13-19-14-20(16(3)4)15-22(19)23(18)21-11-8-7-10-17(21)6-2;1-3-7-11-9(5-1)10-6-2-4-8-12(10)13-11;;;/h7-8,10-16H,5-6,9H2,1-4H3;1-7H,13H2;2*1H;/q;;;;+2/p-2. The van der Waals surface area contributed by atoms with E-state index in [1.807, 2.05) is 0 Å². The van der Waals surface area contributed by atoms with E-state index < -0.39 is 27.4 Å². The Morgan fingerprint density at radius 3 is 2.26 bits per heavy atom. The van der Waals surface area contributed by atoms with Crippen molar-refractivity contribution in [2.45, 2.75) is 50.6 Å². The summed E-state index contributed by atoms with van der Waals surface area (Å²) < 4.78 is 1.43. The van der Waals surface area contributed by atoms with Crippen LogP contribution < -0.4 is 13.6 Å². The van der Waals surface area contributed by atoms with E-state index in [0.29, 0.717) is 5.92 Å². The predicted molar refractivity (Wildman–Crippen MR) is 172 cm³/mol. The Morgan fingerprint density at radius 2 is 1.51 bits per heavy atom. The van der Waals surface area contributed by atoms with Gasteiger partial charge in [-0.1, -0.05) is 0 Å². The Hall–Kier alpha value is -1.70. The number of benzene rings is 4. The molecule has 1 heterocycles. The number of halogens is 2. The first-order valence-corrected chi connectivity index (χ1v) is 24.8. The summed E-state index contributed by atoms with van der Waals surface area (Å²) in [6.07, 6.45) is 5.70. The second kappa shape index (κ2) is 10.9. The Bertz CT molecular complexity index is 1600. The molecule has 0 nitrogen and oxygen atoms in total. The van der Waals surface area contributed by atoms with Gasteiger partial charge in [0.2, 0.25) is 0 Å². The van der Waals surface area contributed by atoms with E-state index in [1.165, 1.54) is 63.7 Å². The third-order valence-corrected chi connectivity index (χ3v) is 23.0. The van der Waals surface area contributed by atoms with E-state index in [2.05, 4.69) is 113 Å². The number of rotatable bonds is 7. The second-order valence-electron chi connectivity index (χ2n) is 11.4. The Morgan fingerprint density at radius 1 is 0.795 bits per heavy atom. The van der Waals surface area contributed by atoms with Crippen molar-refractivity contribution in [1.29, 1.82) is 0 Å². The molecule has 0 saturated carbocycles. The zero-order chi connectivity index (χ0) is 27.3. The number of allylic oxidation sites excluding steroid dienone is 1. The van der Waals surface area contributed by atoms with Gasteiger partial charge in [0.1, 0.15) is 0 Å². The van der Waals surface area contributed by atoms with Gasteiger partial charge in [-0.25, -0.2) is 0 Å². The van der Waals surface area contributed by atoms with Crippen molar-refractivity contribution < 1.29 is 17.9 Å². The Labute approximate surface area is 247 Å². The fourth-order valence-electron chi connectivity index (χ4n) is 6.92. The van der Waals surface area contributed by atoms with Crippen LogP contribution in [0.15, 0.2) is 84.4 Å². The van der Waals surface area contributed by atoms with Crippen LogP contribution in [0.2, 0.25) is 0 Å². The molecule has 0 fully saturated rings. The molecule has 0 aromatic heterocycles. The van der Waals surface area contributed by atoms with Gasteiger partial charge in [-0.05, 0) is 0 Å². The van der Waals surface area contributed by atoms with Crippen molar-refractivity contribution in [3.63, 3.8) is 0 Å². The summed E-state index contributed by atoms with van der Waals surface area (Å²) in [5, 5.41) is 3.01. The molecule has 0 amide bonds. The molecule has 0 bridgehead atoms. The molecule has 0 spiro atoms. The van der Waals surface area contributed by atoms with Crippen molar-refractivity contribution in [2.24, 2.45) is 5.92 Å². The number of aryl methyl sites for hydroxylation is 2. The molecule has 39 heavy (non-hydrogen) atoms. The van der Waals surface area contributed by atoms with Gasteiger partial charge in [0.05, 0.1) is 0 Å². The van der Waals surface area contributed by atoms with Crippen LogP contribution >= 0.6 is 17.0 Å². The van der Waals surface area contributed by atoms with Gasteiger partial charge in [-0.15, -0.1) is 0 Å². The topological polar surface area (TPSA) is 0 Å². The van der Waals surface area contributed by atoms with Crippen molar-refractivity contribution in [2.75, 3.05) is 0 Å². The molecule has 4 aromatic rings. The van der Waals surface area contributed by atoms with Gasteiger partial charge in [0.25, 0.3) is 0 Å². The van der Waals surface area contributed by atoms with E-state index in [1.54, 1.807) is 0 Å². The maximum absolute atomic E-state index is 7.88. The summed E-state index contributed by atoms with van der Waals surface area (Å²) in [4.78, 5) is 0. The summed E-state index contributed by atoms with van der Waals surface area (Å²) in [6, 6.07) is 29.4. The SMILES string of the molecule is CCCc1ccc2c(c1-c1ccccc1CC)C=C(C(C)C)[CH]2[Zr]([Cl])([Cl])[c]1cccc2c1[SiH2]c1ccccc1-2. The number of hydrogen-bond acceptors (Lipinski definition) is 0. The van der Waals surface area contributed by atoms with Crippen LogP contribution in [0.3, 0.4) is 0 Å². The third-order valence-electron chi connectivity index (χ3n) is 8.75. The fourth-order valence-corrected chi connectivity index (χ4v) is 24.0. The van der Waals surface area contributed by atoms with Gasteiger partial charge < -0.3 is 0 Å². The summed E-state index contributed by atoms with van der Waals surface area (Å²) in [5.41, 5.74) is 12.5. The summed E-state index contributed by atoms with van der Waals surface area (Å²) in [6.45, 7) is 9.16. The molecular formula is C35H36Cl2SiZr. The molecule has 1 aliphatic carbocycles. The minimum absolute atomic E-state index is 0.116. The average Bonchev–Trinajstić information content (AvgIpc) is 3.52. The van der Waals surface area contributed by atoms with Crippen LogP contribution in [0, 0.1) is 5.92 Å². The predicted octanol–water partition coefficient (Wildman–Crippen LogP) is 7.85. The van der Waals surface area contributed by atoms with Gasteiger partial charge in [-0.3, -0.25) is 0 Å². The molecule has 1 unspecified atom stereocenters. The van der Waals surface area contributed by atoms with Crippen LogP contribution in [-0.4, -0.2) is 9.52 Å². The van der Waals surface area contributed by atoms with Gasteiger partial charge in [-0.2, -0.15) is 0 Å². The van der Waals surface area contributed by atoms with Crippen molar-refractivity contribution >= 4 is 46.3 Å². The number of fused-ring (bicyclic) bond motifs is 4. The molecule has 0 radical (unpaired) electrons. The number of hydrogen-bond donors (Lipinski definition) is 0.